The van der Waals surface area contributed by atoms with Crippen LogP contribution < -0.4 is 5.14 Å². The molecule has 0 aliphatic carbocycles. The van der Waals surface area contributed by atoms with Crippen molar-refractivity contribution in [3.8, 4) is 0 Å². The van der Waals surface area contributed by atoms with Crippen molar-refractivity contribution in [3.05, 3.63) is 15.8 Å². The quantitative estimate of drug-likeness (QED) is 0.829. The monoisotopic (exact) mass is 289 g/mol. The van der Waals surface area contributed by atoms with Crippen molar-refractivity contribution in [2.24, 2.45) is 5.14 Å². The number of halogens is 3. The van der Waals surface area contributed by atoms with E-state index in [-0.39, 0.29) is 0 Å². The van der Waals surface area contributed by atoms with Crippen LogP contribution in [0.5, 0.6) is 0 Å². The molecule has 0 fully saturated rings. The highest BCUT2D eigenvalue weighted by atomic mass is 32.2. The normalized spacial score (nSPS) is 12.5. The Morgan fingerprint density at radius 3 is 2.35 bits per heavy atom. The summed E-state index contributed by atoms with van der Waals surface area (Å²) >= 11 is 0.309. The van der Waals surface area contributed by atoms with Gasteiger partial charge >= 0.3 is 12.1 Å². The summed E-state index contributed by atoms with van der Waals surface area (Å²) in [7, 11) is -3.75. The minimum Gasteiger partial charge on any atom is -0.465 e. The second-order valence-corrected chi connectivity index (χ2v) is 5.22. The lowest BCUT2D eigenvalue weighted by molar-refractivity contribution is -0.139. The Hall–Kier alpha value is -1.13. The van der Waals surface area contributed by atoms with Gasteiger partial charge in [0, 0.05) is 5.38 Å². The molecule has 1 heterocycles. The minimum atomic E-state index is -4.91. The van der Waals surface area contributed by atoms with Crippen molar-refractivity contribution in [3.63, 3.8) is 0 Å². The van der Waals surface area contributed by atoms with Gasteiger partial charge in [-0.05, 0) is 0 Å². The number of methoxy groups -OCH3 is 1. The van der Waals surface area contributed by atoms with Crippen molar-refractivity contribution in [2.75, 3.05) is 7.11 Å². The molecule has 1 rings (SSSR count). The molecule has 1 aromatic rings. The topological polar surface area (TPSA) is 86.5 Å². The van der Waals surface area contributed by atoms with Gasteiger partial charge in [0.15, 0.2) is 0 Å². The third kappa shape index (κ3) is 2.76. The summed E-state index contributed by atoms with van der Waals surface area (Å²) in [5, 5.41) is 5.17. The molecule has 0 unspecified atom stereocenters. The number of carbonyl (C=O) groups excluding carboxylic acids is 1. The summed E-state index contributed by atoms with van der Waals surface area (Å²) in [4.78, 5) is 9.18. The maximum absolute atomic E-state index is 12.5. The molecule has 0 aromatic carbocycles. The predicted octanol–water partition coefficient (Wildman–Crippen LogP) is 1.20. The Balaban J connectivity index is 3.59. The van der Waals surface area contributed by atoms with Crippen LogP contribution in [0.2, 0.25) is 0 Å². The third-order valence-corrected chi connectivity index (χ3v) is 3.79. The molecule has 0 bridgehead atoms. The first kappa shape index (κ1) is 13.9. The maximum atomic E-state index is 12.5. The number of thiophene rings is 1. The van der Waals surface area contributed by atoms with Gasteiger partial charge < -0.3 is 4.74 Å². The van der Waals surface area contributed by atoms with E-state index in [1.807, 2.05) is 0 Å². The highest BCUT2D eigenvalue weighted by Crippen LogP contribution is 2.39. The van der Waals surface area contributed by atoms with Crippen LogP contribution in [0, 0.1) is 0 Å². The third-order valence-electron chi connectivity index (χ3n) is 1.71. The van der Waals surface area contributed by atoms with Crippen LogP contribution in [0.15, 0.2) is 10.3 Å². The average molecular weight is 289 g/mol. The van der Waals surface area contributed by atoms with E-state index in [1.54, 1.807) is 0 Å². The maximum Gasteiger partial charge on any atom is 0.418 e. The summed E-state index contributed by atoms with van der Waals surface area (Å²) in [5.74, 6) is -1.19. The van der Waals surface area contributed by atoms with Crippen molar-refractivity contribution >= 4 is 27.3 Å². The van der Waals surface area contributed by atoms with Gasteiger partial charge in [-0.25, -0.2) is 18.4 Å². The van der Waals surface area contributed by atoms with Gasteiger partial charge in [0.2, 0.25) is 10.0 Å². The van der Waals surface area contributed by atoms with Crippen molar-refractivity contribution in [2.45, 2.75) is 11.1 Å². The van der Waals surface area contributed by atoms with E-state index < -0.39 is 37.5 Å². The number of rotatable bonds is 2. The number of sulfonamides is 1. The summed E-state index contributed by atoms with van der Waals surface area (Å²) in [6, 6.07) is 0. The lowest BCUT2D eigenvalue weighted by atomic mass is 10.3. The first-order chi connectivity index (χ1) is 7.59. The van der Waals surface area contributed by atoms with Crippen LogP contribution in [0.1, 0.15) is 15.2 Å². The van der Waals surface area contributed by atoms with Gasteiger partial charge in [0.25, 0.3) is 0 Å². The zero-order chi connectivity index (χ0) is 13.4. The zero-order valence-corrected chi connectivity index (χ0v) is 9.87. The Morgan fingerprint density at radius 1 is 1.47 bits per heavy atom. The van der Waals surface area contributed by atoms with E-state index in [1.165, 1.54) is 0 Å². The molecule has 1 aromatic heterocycles. The SMILES string of the molecule is COC(=O)c1scc(C(F)(F)F)c1S(N)(=O)=O. The average Bonchev–Trinajstić information content (AvgIpc) is 2.59. The Morgan fingerprint density at radius 2 is 2.00 bits per heavy atom. The Labute approximate surface area is 98.0 Å². The summed E-state index contributed by atoms with van der Waals surface area (Å²) in [6.07, 6.45) is -4.91. The molecule has 0 saturated carbocycles. The van der Waals surface area contributed by atoms with Gasteiger partial charge in [-0.15, -0.1) is 11.3 Å². The molecule has 96 valence electrons. The number of primary sulfonamides is 1. The van der Waals surface area contributed by atoms with E-state index in [4.69, 9.17) is 0 Å². The van der Waals surface area contributed by atoms with Crippen LogP contribution in [0.4, 0.5) is 13.2 Å². The number of ether oxygens (including phenoxy) is 1. The molecule has 0 aliphatic rings. The molecule has 10 heteroatoms. The van der Waals surface area contributed by atoms with Gasteiger partial charge in [0.1, 0.15) is 9.77 Å². The van der Waals surface area contributed by atoms with E-state index in [0.29, 0.717) is 16.7 Å². The van der Waals surface area contributed by atoms with E-state index >= 15 is 0 Å². The summed E-state index contributed by atoms with van der Waals surface area (Å²) < 4.78 is 63.8. The van der Waals surface area contributed by atoms with Gasteiger partial charge in [-0.3, -0.25) is 0 Å². The van der Waals surface area contributed by atoms with Gasteiger partial charge in [-0.1, -0.05) is 0 Å². The van der Waals surface area contributed by atoms with E-state index in [0.717, 1.165) is 7.11 Å². The van der Waals surface area contributed by atoms with Crippen molar-refractivity contribution in [1.82, 2.24) is 0 Å². The lowest BCUT2D eigenvalue weighted by Crippen LogP contribution is -2.20. The molecule has 0 spiro atoms. The highest BCUT2D eigenvalue weighted by Gasteiger charge is 2.40. The molecule has 0 atom stereocenters. The summed E-state index contributed by atoms with van der Waals surface area (Å²) in [5.41, 5.74) is -1.47. The van der Waals surface area contributed by atoms with E-state index in [2.05, 4.69) is 9.88 Å². The Kier molecular flexibility index (Phi) is 3.50. The van der Waals surface area contributed by atoms with Gasteiger partial charge in [-0.2, -0.15) is 13.2 Å². The number of carbonyl (C=O) groups is 1. The molecule has 5 nitrogen and oxygen atoms in total. The molecule has 2 N–H and O–H groups in total. The van der Waals surface area contributed by atoms with Crippen molar-refractivity contribution < 1.29 is 31.1 Å². The standard InChI is InChI=1S/C7H6F3NO4S2/c1-15-6(12)4-5(17(11,13)14)3(2-16-4)7(8,9)10/h2H,1H3,(H2,11,13,14). The number of alkyl halides is 3. The second kappa shape index (κ2) is 4.27. The Bertz CT molecular complexity index is 546. The predicted molar refractivity (Wildman–Crippen MR) is 52.0 cm³/mol. The molecule has 0 aliphatic heterocycles. The molecule has 0 amide bonds. The van der Waals surface area contributed by atoms with Crippen molar-refractivity contribution in [1.29, 1.82) is 0 Å². The number of hydrogen-bond donors (Lipinski definition) is 1. The molecule has 17 heavy (non-hydrogen) atoms. The second-order valence-electron chi connectivity index (χ2n) is 2.84. The van der Waals surface area contributed by atoms with Gasteiger partial charge in [0.05, 0.1) is 12.7 Å². The number of hydrogen-bond acceptors (Lipinski definition) is 5. The number of nitrogens with two attached hydrogens (primary N) is 1. The first-order valence-electron chi connectivity index (χ1n) is 3.89. The van der Waals surface area contributed by atoms with E-state index in [9.17, 15) is 26.4 Å². The van der Waals surface area contributed by atoms with Crippen LogP contribution in [-0.4, -0.2) is 21.5 Å². The summed E-state index contributed by atoms with van der Waals surface area (Å²) in [6.45, 7) is 0. The fourth-order valence-corrected chi connectivity index (χ4v) is 3.33. The largest absolute Gasteiger partial charge is 0.465 e. The zero-order valence-electron chi connectivity index (χ0n) is 8.24. The lowest BCUT2D eigenvalue weighted by Gasteiger charge is -2.07. The number of esters is 1. The fourth-order valence-electron chi connectivity index (χ4n) is 1.06. The molecule has 0 saturated heterocycles. The molecule has 0 radical (unpaired) electrons. The fraction of sp³-hybridized carbons (Fsp3) is 0.286. The smallest absolute Gasteiger partial charge is 0.418 e. The minimum absolute atomic E-state index is 0.309. The molecular weight excluding hydrogens is 283 g/mol. The van der Waals surface area contributed by atoms with Crippen LogP contribution in [0.25, 0.3) is 0 Å². The van der Waals surface area contributed by atoms with Crippen LogP contribution >= 0.6 is 11.3 Å². The van der Waals surface area contributed by atoms with Crippen LogP contribution in [0.3, 0.4) is 0 Å². The first-order valence-corrected chi connectivity index (χ1v) is 6.31. The molecular formula is C7H6F3NO4S2. The highest BCUT2D eigenvalue weighted by molar-refractivity contribution is 7.89. The van der Waals surface area contributed by atoms with Crippen LogP contribution in [-0.2, 0) is 20.9 Å².